The van der Waals surface area contributed by atoms with E-state index >= 15 is 0 Å². The zero-order chi connectivity index (χ0) is 21.8. The Morgan fingerprint density at radius 2 is 2.00 bits per heavy atom. The van der Waals surface area contributed by atoms with E-state index < -0.39 is 0 Å². The Labute approximate surface area is 182 Å². The molecule has 1 saturated heterocycles. The minimum atomic E-state index is 0.322. The van der Waals surface area contributed by atoms with Gasteiger partial charge in [0.15, 0.2) is 17.5 Å². The van der Waals surface area contributed by atoms with Gasteiger partial charge in [0.1, 0.15) is 5.52 Å². The van der Waals surface area contributed by atoms with Gasteiger partial charge in [-0.15, -0.1) is 0 Å². The zero-order valence-electron chi connectivity index (χ0n) is 18.5. The van der Waals surface area contributed by atoms with E-state index in [1.165, 1.54) is 0 Å². The first-order valence-corrected chi connectivity index (χ1v) is 11.1. The molecule has 0 amide bonds. The molecule has 3 aromatic rings. The van der Waals surface area contributed by atoms with Gasteiger partial charge in [-0.1, -0.05) is 13.8 Å². The Morgan fingerprint density at radius 1 is 1.23 bits per heavy atom. The van der Waals surface area contributed by atoms with Crippen LogP contribution in [0.25, 0.3) is 5.52 Å². The highest BCUT2D eigenvalue weighted by Crippen LogP contribution is 2.30. The fourth-order valence-electron chi connectivity index (χ4n) is 4.69. The van der Waals surface area contributed by atoms with Crippen molar-refractivity contribution in [3.63, 3.8) is 0 Å². The molecule has 1 aliphatic heterocycles. The predicted octanol–water partition coefficient (Wildman–Crippen LogP) is 3.85. The molecule has 4 rings (SSSR count). The molecule has 0 aliphatic carbocycles. The first-order chi connectivity index (χ1) is 15.1. The summed E-state index contributed by atoms with van der Waals surface area (Å²) in [6, 6.07) is 7.49. The molecule has 4 heterocycles. The van der Waals surface area contributed by atoms with Gasteiger partial charge in [0.2, 0.25) is 0 Å². The van der Waals surface area contributed by atoms with Crippen LogP contribution < -0.4 is 10.6 Å². The summed E-state index contributed by atoms with van der Waals surface area (Å²) < 4.78 is 1.84. The van der Waals surface area contributed by atoms with Crippen molar-refractivity contribution in [1.82, 2.24) is 29.7 Å². The van der Waals surface area contributed by atoms with E-state index in [2.05, 4.69) is 50.7 Å². The Balaban J connectivity index is 1.56. The number of likely N-dealkylation sites (tertiary alicyclic amines) is 1. The molecule has 3 aromatic heterocycles. The molecular weight excluding hydrogens is 390 g/mol. The lowest BCUT2D eigenvalue weighted by atomic mass is 9.88. The van der Waals surface area contributed by atoms with E-state index in [-0.39, 0.29) is 0 Å². The van der Waals surface area contributed by atoms with Crippen molar-refractivity contribution in [2.24, 2.45) is 0 Å². The Kier molecular flexibility index (Phi) is 6.37. The van der Waals surface area contributed by atoms with Crippen LogP contribution in [0.4, 0.5) is 17.5 Å². The van der Waals surface area contributed by atoms with Crippen LogP contribution in [-0.4, -0.2) is 54.4 Å². The molecule has 1 fully saturated rings. The van der Waals surface area contributed by atoms with Crippen molar-refractivity contribution in [2.45, 2.75) is 71.0 Å². The Morgan fingerprint density at radius 3 is 2.65 bits per heavy atom. The van der Waals surface area contributed by atoms with Crippen molar-refractivity contribution >= 4 is 23.0 Å². The summed E-state index contributed by atoms with van der Waals surface area (Å²) in [5.41, 5.74) is 1.94. The number of hydrogen-bond acceptors (Lipinski definition) is 7. The zero-order valence-corrected chi connectivity index (χ0v) is 18.5. The van der Waals surface area contributed by atoms with Crippen LogP contribution in [0.1, 0.15) is 51.6 Å². The number of nitriles is 1. The number of aryl methyl sites for hydroxylation is 1. The van der Waals surface area contributed by atoms with Gasteiger partial charge in [-0.25, -0.2) is 9.50 Å². The molecule has 9 nitrogen and oxygen atoms in total. The largest absolute Gasteiger partial charge is 0.365 e. The number of nitrogens with zero attached hydrogens (tertiary/aromatic N) is 6. The van der Waals surface area contributed by atoms with Crippen LogP contribution >= 0.6 is 0 Å². The highest BCUT2D eigenvalue weighted by atomic mass is 15.3. The van der Waals surface area contributed by atoms with Crippen LogP contribution in [0.5, 0.6) is 0 Å². The maximum absolute atomic E-state index is 9.06. The average molecular weight is 422 g/mol. The fourth-order valence-corrected chi connectivity index (χ4v) is 4.69. The summed E-state index contributed by atoms with van der Waals surface area (Å²) in [6.45, 7) is 7.30. The predicted molar refractivity (Wildman–Crippen MR) is 121 cm³/mol. The van der Waals surface area contributed by atoms with Crippen LogP contribution in [0.2, 0.25) is 0 Å². The van der Waals surface area contributed by atoms with Crippen molar-refractivity contribution in [3.8, 4) is 6.07 Å². The maximum atomic E-state index is 9.06. The Bertz CT molecular complexity index is 1030. The van der Waals surface area contributed by atoms with Gasteiger partial charge in [0.05, 0.1) is 18.5 Å². The molecule has 0 spiro atoms. The van der Waals surface area contributed by atoms with Gasteiger partial charge in [0.25, 0.3) is 0 Å². The number of rotatable bonds is 8. The number of anilines is 3. The van der Waals surface area contributed by atoms with Gasteiger partial charge in [-0.3, -0.25) is 10.00 Å². The van der Waals surface area contributed by atoms with E-state index in [1.807, 2.05) is 29.8 Å². The van der Waals surface area contributed by atoms with E-state index in [0.717, 1.165) is 55.1 Å². The van der Waals surface area contributed by atoms with Crippen LogP contribution in [-0.2, 0) is 0 Å². The minimum Gasteiger partial charge on any atom is -0.365 e. The summed E-state index contributed by atoms with van der Waals surface area (Å²) in [4.78, 5) is 7.39. The fraction of sp³-hybridized carbons (Fsp3) is 0.545. The highest BCUT2D eigenvalue weighted by molar-refractivity contribution is 5.70. The molecule has 2 atom stereocenters. The van der Waals surface area contributed by atoms with E-state index in [1.54, 1.807) is 6.20 Å². The molecule has 31 heavy (non-hydrogen) atoms. The number of hydrogen-bond donors (Lipinski definition) is 3. The number of aromatic amines is 1. The van der Waals surface area contributed by atoms with E-state index in [0.29, 0.717) is 30.4 Å². The molecule has 0 aromatic carbocycles. The van der Waals surface area contributed by atoms with Crippen molar-refractivity contribution < 1.29 is 0 Å². The lowest BCUT2D eigenvalue weighted by Gasteiger charge is -2.45. The summed E-state index contributed by atoms with van der Waals surface area (Å²) >= 11 is 0. The summed E-state index contributed by atoms with van der Waals surface area (Å²) in [6.07, 6.45) is 8.49. The molecule has 3 N–H and O–H groups in total. The van der Waals surface area contributed by atoms with Crippen LogP contribution in [0, 0.1) is 18.3 Å². The molecule has 2 unspecified atom stereocenters. The quantitative estimate of drug-likeness (QED) is 0.507. The SMILES string of the molecule is CCC1CC(Nc2nc(Nc3cc(C)[nH]n3)cn3nccc23)CC(CC)N1CCC#N. The maximum Gasteiger partial charge on any atom is 0.154 e. The standard InChI is InChI=1S/C22H31N9/c1-4-17-12-16(13-18(5-2)30(17)10-6-8-23)25-22-19-7-9-24-31(19)14-21(27-22)26-20-11-15(3)28-29-20/h7,9,11,14,16-18H,4-6,10,12-13H2,1-3H3,(H,25,27)(H2,26,28,29). The molecular formula is C22H31N9. The minimum absolute atomic E-state index is 0.322. The van der Waals surface area contributed by atoms with Crippen LogP contribution in [0.3, 0.4) is 0 Å². The Hall–Kier alpha value is -3.12. The van der Waals surface area contributed by atoms with Crippen LogP contribution in [0.15, 0.2) is 24.5 Å². The second-order valence-corrected chi connectivity index (χ2v) is 8.28. The van der Waals surface area contributed by atoms with E-state index in [4.69, 9.17) is 10.2 Å². The second kappa shape index (κ2) is 9.35. The first-order valence-electron chi connectivity index (χ1n) is 11.1. The molecule has 9 heteroatoms. The lowest BCUT2D eigenvalue weighted by molar-refractivity contribution is 0.0735. The molecule has 1 aliphatic rings. The highest BCUT2D eigenvalue weighted by Gasteiger charge is 2.33. The van der Waals surface area contributed by atoms with Crippen molar-refractivity contribution in [2.75, 3.05) is 17.2 Å². The lowest BCUT2D eigenvalue weighted by Crippen LogP contribution is -2.52. The normalized spacial score (nSPS) is 21.8. The molecule has 0 radical (unpaired) electrons. The topological polar surface area (TPSA) is 110 Å². The van der Waals surface area contributed by atoms with Crippen molar-refractivity contribution in [3.05, 3.63) is 30.2 Å². The van der Waals surface area contributed by atoms with Gasteiger partial charge < -0.3 is 10.6 Å². The monoisotopic (exact) mass is 421 g/mol. The smallest absolute Gasteiger partial charge is 0.154 e. The third-order valence-corrected chi connectivity index (χ3v) is 6.17. The third kappa shape index (κ3) is 4.64. The number of aromatic nitrogens is 5. The molecule has 164 valence electrons. The van der Waals surface area contributed by atoms with Gasteiger partial charge in [-0.05, 0) is 38.7 Å². The summed E-state index contributed by atoms with van der Waals surface area (Å²) in [5.74, 6) is 2.25. The van der Waals surface area contributed by atoms with Gasteiger partial charge in [0, 0.05) is 42.9 Å². The number of nitrogens with one attached hydrogen (secondary N) is 3. The summed E-state index contributed by atoms with van der Waals surface area (Å²) in [7, 11) is 0. The number of fused-ring (bicyclic) bond motifs is 1. The summed E-state index contributed by atoms with van der Waals surface area (Å²) in [5, 5.41) is 27.6. The molecule has 0 saturated carbocycles. The second-order valence-electron chi connectivity index (χ2n) is 8.28. The molecule has 0 bridgehead atoms. The first kappa shape index (κ1) is 21.1. The van der Waals surface area contributed by atoms with Gasteiger partial charge >= 0.3 is 0 Å². The third-order valence-electron chi connectivity index (χ3n) is 6.17. The van der Waals surface area contributed by atoms with Gasteiger partial charge in [-0.2, -0.15) is 15.5 Å². The number of piperidine rings is 1. The van der Waals surface area contributed by atoms with E-state index in [9.17, 15) is 0 Å². The average Bonchev–Trinajstić information content (AvgIpc) is 3.41. The number of H-pyrrole nitrogens is 1. The van der Waals surface area contributed by atoms with Crippen molar-refractivity contribution in [1.29, 1.82) is 5.26 Å².